The van der Waals surface area contributed by atoms with Crippen molar-refractivity contribution in [3.63, 3.8) is 0 Å². The summed E-state index contributed by atoms with van der Waals surface area (Å²) in [6.45, 7) is 7.31. The van der Waals surface area contributed by atoms with Gasteiger partial charge in [-0.2, -0.15) is 0 Å². The normalized spacial score (nSPS) is 20.2. The Morgan fingerprint density at radius 2 is 2.16 bits per heavy atom. The van der Waals surface area contributed by atoms with Crippen LogP contribution in [0, 0.1) is 6.92 Å². The molecule has 0 radical (unpaired) electrons. The number of pyridine rings is 1. The van der Waals surface area contributed by atoms with Crippen molar-refractivity contribution in [2.24, 2.45) is 4.99 Å². The highest BCUT2D eigenvalue weighted by molar-refractivity contribution is 14.0. The Hall–Kier alpha value is -1.09. The van der Waals surface area contributed by atoms with Gasteiger partial charge in [-0.25, -0.2) is 0 Å². The minimum Gasteiger partial charge on any atom is -0.373 e. The van der Waals surface area contributed by atoms with E-state index < -0.39 is 0 Å². The van der Waals surface area contributed by atoms with Crippen LogP contribution in [0.2, 0.25) is 0 Å². The predicted molar refractivity (Wildman–Crippen MR) is 113 cm³/mol. The summed E-state index contributed by atoms with van der Waals surface area (Å²) in [7, 11) is 1.78. The zero-order valence-corrected chi connectivity index (χ0v) is 17.8. The molecule has 1 aromatic rings. The van der Waals surface area contributed by atoms with Crippen LogP contribution in [0.3, 0.4) is 0 Å². The van der Waals surface area contributed by atoms with Gasteiger partial charge in [-0.15, -0.1) is 24.0 Å². The Morgan fingerprint density at radius 1 is 1.36 bits per heavy atom. The molecule has 1 saturated heterocycles. The van der Waals surface area contributed by atoms with Crippen LogP contribution in [0.5, 0.6) is 0 Å². The van der Waals surface area contributed by atoms with Crippen LogP contribution in [-0.4, -0.2) is 42.9 Å². The molecule has 1 unspecified atom stereocenters. The molecule has 1 aliphatic rings. The van der Waals surface area contributed by atoms with Gasteiger partial charge >= 0.3 is 0 Å². The Bertz CT molecular complexity index is 609. The van der Waals surface area contributed by atoms with E-state index in [0.29, 0.717) is 0 Å². The third-order valence-corrected chi connectivity index (χ3v) is 4.52. The van der Waals surface area contributed by atoms with E-state index in [1.54, 1.807) is 19.2 Å². The van der Waals surface area contributed by atoms with Crippen molar-refractivity contribution in [3.05, 3.63) is 34.2 Å². The van der Waals surface area contributed by atoms with E-state index in [1.807, 2.05) is 17.6 Å². The zero-order valence-electron chi connectivity index (χ0n) is 15.5. The number of unbranched alkanes of at least 4 members (excludes halogenated alkanes) is 1. The first kappa shape index (κ1) is 22.0. The van der Waals surface area contributed by atoms with E-state index in [2.05, 4.69) is 22.5 Å². The lowest BCUT2D eigenvalue weighted by molar-refractivity contribution is 0.0243. The quantitative estimate of drug-likeness (QED) is 0.283. The summed E-state index contributed by atoms with van der Waals surface area (Å²) in [6, 6.07) is 5.39. The molecule has 2 heterocycles. The number of guanidine groups is 1. The number of nitrogens with one attached hydrogen (secondary N) is 2. The predicted octanol–water partition coefficient (Wildman–Crippen LogP) is 2.29. The van der Waals surface area contributed by atoms with E-state index in [9.17, 15) is 4.79 Å². The molecule has 1 aromatic heterocycles. The number of nitrogens with zero attached hydrogens (tertiary/aromatic N) is 2. The Balaban J connectivity index is 0.00000312. The molecule has 0 bridgehead atoms. The number of ether oxygens (including phenoxy) is 1. The molecular weight excluding hydrogens is 431 g/mol. The summed E-state index contributed by atoms with van der Waals surface area (Å²) in [5.74, 6) is 0.805. The fraction of sp³-hybridized carbons (Fsp3) is 0.667. The van der Waals surface area contributed by atoms with Crippen molar-refractivity contribution in [1.82, 2.24) is 15.2 Å². The maximum atomic E-state index is 11.8. The third kappa shape index (κ3) is 6.97. The Labute approximate surface area is 167 Å². The SMILES string of the molecule is CN=C(NCCCCn1c(C)cccc1=O)NCC1(C)CCCO1.I. The van der Waals surface area contributed by atoms with E-state index >= 15 is 0 Å². The van der Waals surface area contributed by atoms with E-state index in [0.717, 1.165) is 63.6 Å². The molecule has 25 heavy (non-hydrogen) atoms. The van der Waals surface area contributed by atoms with Crippen LogP contribution in [0.15, 0.2) is 28.0 Å². The minimum absolute atomic E-state index is 0. The number of hydrogen-bond donors (Lipinski definition) is 2. The van der Waals surface area contributed by atoms with Gasteiger partial charge in [-0.1, -0.05) is 6.07 Å². The first-order valence-corrected chi connectivity index (χ1v) is 8.79. The van der Waals surface area contributed by atoms with Crippen molar-refractivity contribution in [2.75, 3.05) is 26.7 Å². The van der Waals surface area contributed by atoms with Crippen molar-refractivity contribution < 1.29 is 4.74 Å². The molecule has 0 aromatic carbocycles. The van der Waals surface area contributed by atoms with Gasteiger partial charge in [0.2, 0.25) is 0 Å². The van der Waals surface area contributed by atoms with Gasteiger partial charge in [0, 0.05) is 45.0 Å². The third-order valence-electron chi connectivity index (χ3n) is 4.52. The summed E-state index contributed by atoms with van der Waals surface area (Å²) in [5.41, 5.74) is 1.01. The van der Waals surface area contributed by atoms with Crippen molar-refractivity contribution in [1.29, 1.82) is 0 Å². The largest absolute Gasteiger partial charge is 0.373 e. The molecule has 0 amide bonds. The van der Waals surface area contributed by atoms with Crippen LogP contribution < -0.4 is 16.2 Å². The van der Waals surface area contributed by atoms with E-state index in [-0.39, 0.29) is 35.1 Å². The lowest BCUT2D eigenvalue weighted by Gasteiger charge is -2.24. The molecule has 1 fully saturated rings. The highest BCUT2D eigenvalue weighted by Gasteiger charge is 2.29. The lowest BCUT2D eigenvalue weighted by Crippen LogP contribution is -2.45. The second-order valence-corrected chi connectivity index (χ2v) is 6.62. The van der Waals surface area contributed by atoms with Crippen LogP contribution >= 0.6 is 24.0 Å². The molecule has 1 aliphatic heterocycles. The number of aryl methyl sites for hydroxylation is 1. The van der Waals surface area contributed by atoms with Crippen LogP contribution in [0.1, 0.15) is 38.3 Å². The number of aromatic nitrogens is 1. The molecule has 2 rings (SSSR count). The number of halogens is 1. The topological polar surface area (TPSA) is 67.7 Å². The summed E-state index contributed by atoms with van der Waals surface area (Å²) in [6.07, 6.45) is 4.15. The zero-order chi connectivity index (χ0) is 17.4. The molecule has 6 nitrogen and oxygen atoms in total. The molecule has 142 valence electrons. The highest BCUT2D eigenvalue weighted by Crippen LogP contribution is 2.23. The maximum Gasteiger partial charge on any atom is 0.250 e. The smallest absolute Gasteiger partial charge is 0.250 e. The van der Waals surface area contributed by atoms with Gasteiger partial charge in [0.15, 0.2) is 5.96 Å². The van der Waals surface area contributed by atoms with Crippen molar-refractivity contribution in [3.8, 4) is 0 Å². The average Bonchev–Trinajstić information content (AvgIpc) is 2.99. The molecule has 0 saturated carbocycles. The lowest BCUT2D eigenvalue weighted by atomic mass is 10.0. The monoisotopic (exact) mass is 462 g/mol. The summed E-state index contributed by atoms with van der Waals surface area (Å²) in [4.78, 5) is 16.1. The first-order chi connectivity index (χ1) is 11.5. The molecule has 1 atom stereocenters. The molecule has 7 heteroatoms. The Morgan fingerprint density at radius 3 is 2.80 bits per heavy atom. The van der Waals surface area contributed by atoms with Gasteiger partial charge in [-0.05, 0) is 45.6 Å². The van der Waals surface area contributed by atoms with Gasteiger partial charge in [0.1, 0.15) is 0 Å². The number of rotatable bonds is 7. The highest BCUT2D eigenvalue weighted by atomic mass is 127. The molecule has 0 aliphatic carbocycles. The standard InChI is InChI=1S/C18H30N4O2.HI/c1-15-8-6-9-16(23)22(15)12-5-4-11-20-17(19-3)21-14-18(2)10-7-13-24-18;/h6,8-9H,4-5,7,10-14H2,1-3H3,(H2,19,20,21);1H. The van der Waals surface area contributed by atoms with Crippen LogP contribution in [-0.2, 0) is 11.3 Å². The second kappa shape index (κ2) is 10.8. The van der Waals surface area contributed by atoms with Crippen molar-refractivity contribution >= 4 is 29.9 Å². The Kier molecular flexibility index (Phi) is 9.48. The first-order valence-electron chi connectivity index (χ1n) is 8.79. The summed E-state index contributed by atoms with van der Waals surface area (Å²) < 4.78 is 7.60. The number of hydrogen-bond acceptors (Lipinski definition) is 3. The molecule has 0 spiro atoms. The van der Waals surface area contributed by atoms with E-state index in [1.165, 1.54) is 0 Å². The fourth-order valence-electron chi connectivity index (χ4n) is 2.98. The van der Waals surface area contributed by atoms with Gasteiger partial charge in [0.05, 0.1) is 5.60 Å². The van der Waals surface area contributed by atoms with E-state index in [4.69, 9.17) is 4.74 Å². The van der Waals surface area contributed by atoms with Gasteiger partial charge in [-0.3, -0.25) is 9.79 Å². The van der Waals surface area contributed by atoms with Crippen LogP contribution in [0.4, 0.5) is 0 Å². The van der Waals surface area contributed by atoms with Crippen LogP contribution in [0.25, 0.3) is 0 Å². The summed E-state index contributed by atoms with van der Waals surface area (Å²) in [5, 5.41) is 6.66. The minimum atomic E-state index is -0.0797. The average molecular weight is 462 g/mol. The van der Waals surface area contributed by atoms with Gasteiger partial charge in [0.25, 0.3) is 5.56 Å². The fourth-order valence-corrected chi connectivity index (χ4v) is 2.98. The van der Waals surface area contributed by atoms with Gasteiger partial charge < -0.3 is 19.9 Å². The number of aliphatic imine (C=N–C) groups is 1. The molecule has 2 N–H and O–H groups in total. The van der Waals surface area contributed by atoms with Crippen molar-refractivity contribution in [2.45, 2.75) is 51.7 Å². The second-order valence-electron chi connectivity index (χ2n) is 6.62. The molecular formula is C18H31IN4O2. The maximum absolute atomic E-state index is 11.8. The summed E-state index contributed by atoms with van der Waals surface area (Å²) >= 11 is 0.